The molecule has 0 spiro atoms. The molecule has 11 heavy (non-hydrogen) atoms. The van der Waals surface area contributed by atoms with Gasteiger partial charge < -0.3 is 0 Å². The van der Waals surface area contributed by atoms with Crippen molar-refractivity contribution in [3.05, 3.63) is 0 Å². The first kappa shape index (κ1) is 7.60. The highest BCUT2D eigenvalue weighted by atomic mass is 15.2. The lowest BCUT2D eigenvalue weighted by Gasteiger charge is -2.31. The van der Waals surface area contributed by atoms with E-state index in [9.17, 15) is 0 Å². The predicted molar refractivity (Wildman–Crippen MR) is 47.5 cm³/mol. The summed E-state index contributed by atoms with van der Waals surface area (Å²) in [5.74, 6) is 1.96. The van der Waals surface area contributed by atoms with Crippen molar-refractivity contribution in [3.63, 3.8) is 0 Å². The minimum atomic E-state index is 0.955. The second-order valence-corrected chi connectivity index (χ2v) is 4.52. The van der Waals surface area contributed by atoms with Gasteiger partial charge in [-0.05, 0) is 37.6 Å². The smallest absolute Gasteiger partial charge is 0.0125 e. The maximum atomic E-state index is 2.71. The van der Waals surface area contributed by atoms with Gasteiger partial charge in [0.2, 0.25) is 0 Å². The summed E-state index contributed by atoms with van der Waals surface area (Å²) >= 11 is 0. The van der Waals surface area contributed by atoms with E-state index in [1.807, 2.05) is 0 Å². The third-order valence-electron chi connectivity index (χ3n) is 3.22. The molecular weight excluding hydrogens is 134 g/mol. The summed E-state index contributed by atoms with van der Waals surface area (Å²) in [5, 5.41) is 0. The molecule has 1 saturated heterocycles. The van der Waals surface area contributed by atoms with Gasteiger partial charge in [0, 0.05) is 12.6 Å². The SMILES string of the molecule is CC1CCCN(C2CC2C)C1. The van der Waals surface area contributed by atoms with E-state index in [-0.39, 0.29) is 0 Å². The van der Waals surface area contributed by atoms with Crippen molar-refractivity contribution >= 4 is 0 Å². The molecular formula is C10H19N. The number of nitrogens with zero attached hydrogens (tertiary/aromatic N) is 1. The van der Waals surface area contributed by atoms with Gasteiger partial charge in [0.05, 0.1) is 0 Å². The van der Waals surface area contributed by atoms with Gasteiger partial charge in [-0.15, -0.1) is 0 Å². The molecule has 3 atom stereocenters. The van der Waals surface area contributed by atoms with Crippen LogP contribution in [-0.2, 0) is 0 Å². The Morgan fingerprint density at radius 1 is 1.27 bits per heavy atom. The maximum Gasteiger partial charge on any atom is 0.0125 e. The zero-order chi connectivity index (χ0) is 7.84. The summed E-state index contributed by atoms with van der Waals surface area (Å²) in [6, 6.07) is 0.970. The van der Waals surface area contributed by atoms with Gasteiger partial charge >= 0.3 is 0 Å². The molecule has 0 N–H and O–H groups in total. The number of piperidine rings is 1. The van der Waals surface area contributed by atoms with Crippen molar-refractivity contribution in [2.75, 3.05) is 13.1 Å². The standard InChI is InChI=1S/C10H19N/c1-8-4-3-5-11(7-8)10-6-9(10)2/h8-10H,3-7H2,1-2H3. The first-order chi connectivity index (χ1) is 5.27. The first-order valence-corrected chi connectivity index (χ1v) is 5.01. The summed E-state index contributed by atoms with van der Waals surface area (Å²) in [4.78, 5) is 2.71. The van der Waals surface area contributed by atoms with Crippen LogP contribution in [0.2, 0.25) is 0 Å². The van der Waals surface area contributed by atoms with Crippen molar-refractivity contribution in [2.24, 2.45) is 11.8 Å². The van der Waals surface area contributed by atoms with E-state index in [0.717, 1.165) is 17.9 Å². The molecule has 64 valence electrons. The molecule has 1 heterocycles. The van der Waals surface area contributed by atoms with Crippen molar-refractivity contribution in [1.82, 2.24) is 4.90 Å². The monoisotopic (exact) mass is 153 g/mol. The molecule has 1 saturated carbocycles. The average Bonchev–Trinajstić information content (AvgIpc) is 2.67. The Morgan fingerprint density at radius 2 is 2.00 bits per heavy atom. The molecule has 2 aliphatic rings. The topological polar surface area (TPSA) is 3.24 Å². The number of hydrogen-bond acceptors (Lipinski definition) is 1. The van der Waals surface area contributed by atoms with Gasteiger partial charge in [-0.2, -0.15) is 0 Å². The van der Waals surface area contributed by atoms with Crippen LogP contribution in [0.25, 0.3) is 0 Å². The number of hydrogen-bond donors (Lipinski definition) is 0. The second kappa shape index (κ2) is 2.78. The molecule has 0 aromatic carbocycles. The van der Waals surface area contributed by atoms with Gasteiger partial charge in [0.1, 0.15) is 0 Å². The van der Waals surface area contributed by atoms with E-state index < -0.39 is 0 Å². The van der Waals surface area contributed by atoms with Crippen LogP contribution in [0.4, 0.5) is 0 Å². The summed E-state index contributed by atoms with van der Waals surface area (Å²) in [5.41, 5.74) is 0. The van der Waals surface area contributed by atoms with E-state index in [4.69, 9.17) is 0 Å². The quantitative estimate of drug-likeness (QED) is 0.558. The minimum Gasteiger partial charge on any atom is -0.300 e. The van der Waals surface area contributed by atoms with E-state index in [1.165, 1.54) is 32.4 Å². The van der Waals surface area contributed by atoms with E-state index in [0.29, 0.717) is 0 Å². The van der Waals surface area contributed by atoms with Gasteiger partial charge in [0.25, 0.3) is 0 Å². The first-order valence-electron chi connectivity index (χ1n) is 5.01. The molecule has 0 aromatic rings. The molecule has 1 aliphatic heterocycles. The third-order valence-corrected chi connectivity index (χ3v) is 3.22. The average molecular weight is 153 g/mol. The Morgan fingerprint density at radius 3 is 2.55 bits per heavy atom. The highest BCUT2D eigenvalue weighted by Gasteiger charge is 2.38. The molecule has 0 aromatic heterocycles. The molecule has 0 radical (unpaired) electrons. The van der Waals surface area contributed by atoms with Crippen LogP contribution >= 0.6 is 0 Å². The number of likely N-dealkylation sites (tertiary alicyclic amines) is 1. The molecule has 0 bridgehead atoms. The van der Waals surface area contributed by atoms with Gasteiger partial charge in [-0.1, -0.05) is 13.8 Å². The molecule has 0 amide bonds. The van der Waals surface area contributed by atoms with Crippen LogP contribution in [0.3, 0.4) is 0 Å². The van der Waals surface area contributed by atoms with Gasteiger partial charge in [-0.25, -0.2) is 0 Å². The normalized spacial score (nSPS) is 45.8. The second-order valence-electron chi connectivity index (χ2n) is 4.52. The summed E-state index contributed by atoms with van der Waals surface area (Å²) in [7, 11) is 0. The van der Waals surface area contributed by atoms with Crippen LogP contribution in [0.5, 0.6) is 0 Å². The van der Waals surface area contributed by atoms with Crippen molar-refractivity contribution in [1.29, 1.82) is 0 Å². The van der Waals surface area contributed by atoms with E-state index in [2.05, 4.69) is 18.7 Å². The fourth-order valence-corrected chi connectivity index (χ4v) is 2.34. The molecule has 1 nitrogen and oxygen atoms in total. The van der Waals surface area contributed by atoms with Crippen molar-refractivity contribution in [2.45, 2.75) is 39.2 Å². The van der Waals surface area contributed by atoms with E-state index >= 15 is 0 Å². The molecule has 3 unspecified atom stereocenters. The third kappa shape index (κ3) is 1.58. The highest BCUT2D eigenvalue weighted by Crippen LogP contribution is 2.37. The van der Waals surface area contributed by atoms with Crippen LogP contribution in [0.15, 0.2) is 0 Å². The van der Waals surface area contributed by atoms with Crippen LogP contribution in [0, 0.1) is 11.8 Å². The van der Waals surface area contributed by atoms with Gasteiger partial charge in [-0.3, -0.25) is 4.90 Å². The van der Waals surface area contributed by atoms with E-state index in [1.54, 1.807) is 0 Å². The van der Waals surface area contributed by atoms with Crippen molar-refractivity contribution in [3.8, 4) is 0 Å². The lowest BCUT2D eigenvalue weighted by molar-refractivity contribution is 0.169. The Labute approximate surface area is 69.8 Å². The lowest BCUT2D eigenvalue weighted by atomic mass is 10.0. The Balaban J connectivity index is 1.84. The largest absolute Gasteiger partial charge is 0.300 e. The summed E-state index contributed by atoms with van der Waals surface area (Å²) in [6.45, 7) is 7.51. The Hall–Kier alpha value is -0.0400. The molecule has 2 rings (SSSR count). The van der Waals surface area contributed by atoms with Gasteiger partial charge in [0.15, 0.2) is 0 Å². The number of rotatable bonds is 1. The predicted octanol–water partition coefficient (Wildman–Crippen LogP) is 2.13. The maximum absolute atomic E-state index is 2.71. The fraction of sp³-hybridized carbons (Fsp3) is 1.00. The lowest BCUT2D eigenvalue weighted by Crippen LogP contribution is -2.36. The molecule has 1 heteroatoms. The van der Waals surface area contributed by atoms with Crippen LogP contribution in [0.1, 0.15) is 33.1 Å². The molecule has 2 fully saturated rings. The summed E-state index contributed by atoms with van der Waals surface area (Å²) < 4.78 is 0. The fourth-order valence-electron chi connectivity index (χ4n) is 2.34. The van der Waals surface area contributed by atoms with Crippen molar-refractivity contribution < 1.29 is 0 Å². The Bertz CT molecular complexity index is 144. The van der Waals surface area contributed by atoms with Crippen LogP contribution in [-0.4, -0.2) is 24.0 Å². The summed E-state index contributed by atoms with van der Waals surface area (Å²) in [6.07, 6.45) is 4.36. The highest BCUT2D eigenvalue weighted by molar-refractivity contribution is 4.93. The Kier molecular flexibility index (Phi) is 1.92. The molecule has 1 aliphatic carbocycles. The minimum absolute atomic E-state index is 0.955. The zero-order valence-electron chi connectivity index (χ0n) is 7.71. The zero-order valence-corrected chi connectivity index (χ0v) is 7.71. The van der Waals surface area contributed by atoms with Crippen LogP contribution < -0.4 is 0 Å².